The summed E-state index contributed by atoms with van der Waals surface area (Å²) in [6.45, 7) is 0. The fourth-order valence-corrected chi connectivity index (χ4v) is 4.95. The van der Waals surface area contributed by atoms with Crippen LogP contribution in [0.2, 0.25) is 10.2 Å². The molecule has 0 spiro atoms. The Balaban J connectivity index is 1.72. The van der Waals surface area contributed by atoms with Gasteiger partial charge in [-0.05, 0) is 42.0 Å². The average Bonchev–Trinajstić information content (AvgIpc) is 3.02. The second kappa shape index (κ2) is 7.42. The van der Waals surface area contributed by atoms with Crippen molar-refractivity contribution < 1.29 is 12.8 Å². The van der Waals surface area contributed by atoms with Crippen molar-refractivity contribution in [2.45, 2.75) is 4.90 Å². The van der Waals surface area contributed by atoms with Crippen molar-refractivity contribution in [3.05, 3.63) is 64.7 Å². The molecule has 0 saturated heterocycles. The van der Waals surface area contributed by atoms with E-state index in [4.69, 9.17) is 28.9 Å². The van der Waals surface area contributed by atoms with Gasteiger partial charge in [-0.15, -0.1) is 0 Å². The number of pyridine rings is 1. The lowest BCUT2D eigenvalue weighted by Gasteiger charge is -2.11. The quantitative estimate of drug-likeness (QED) is 0.401. The number of nitrogens with one attached hydrogen (secondary N) is 1. The lowest BCUT2D eigenvalue weighted by Crippen LogP contribution is -2.15. The van der Waals surface area contributed by atoms with Gasteiger partial charge >= 0.3 is 0 Å². The van der Waals surface area contributed by atoms with E-state index in [0.717, 1.165) is 27.9 Å². The molecule has 4 rings (SSSR count). The number of nitrogens with two attached hydrogens (primary N) is 1. The first-order valence-electron chi connectivity index (χ1n) is 8.03. The Morgan fingerprint density at radius 3 is 2.62 bits per heavy atom. The second-order valence-electron chi connectivity index (χ2n) is 5.98. The third-order valence-electron chi connectivity index (χ3n) is 4.01. The van der Waals surface area contributed by atoms with Crippen LogP contribution in [0, 0.1) is 5.82 Å². The molecule has 4 aromatic rings. The van der Waals surface area contributed by atoms with Crippen molar-refractivity contribution >= 4 is 65.6 Å². The number of hydrogen-bond acceptors (Lipinski definition) is 6. The summed E-state index contributed by atoms with van der Waals surface area (Å²) in [5, 5.41) is 0.460. The van der Waals surface area contributed by atoms with Gasteiger partial charge in [0.25, 0.3) is 10.0 Å². The highest BCUT2D eigenvalue weighted by atomic mass is 35.5. The third-order valence-corrected chi connectivity index (χ3v) is 6.79. The van der Waals surface area contributed by atoms with Crippen LogP contribution in [-0.4, -0.2) is 18.4 Å². The summed E-state index contributed by atoms with van der Waals surface area (Å²) in [4.78, 5) is 7.69. The van der Waals surface area contributed by atoms with E-state index in [-0.39, 0.29) is 15.9 Å². The number of sulfonamides is 1. The molecule has 0 saturated carbocycles. The molecule has 0 atom stereocenters. The smallest absolute Gasteiger partial charge is 0.264 e. The number of aromatic nitrogens is 2. The summed E-state index contributed by atoms with van der Waals surface area (Å²) in [7, 11) is -4.25. The van der Waals surface area contributed by atoms with Crippen molar-refractivity contribution in [2.75, 3.05) is 10.5 Å². The minimum atomic E-state index is -4.25. The van der Waals surface area contributed by atoms with Crippen LogP contribution in [0.25, 0.3) is 21.3 Å². The summed E-state index contributed by atoms with van der Waals surface area (Å²) < 4.78 is 42.5. The number of thiazole rings is 1. The molecule has 2 heterocycles. The van der Waals surface area contributed by atoms with Gasteiger partial charge in [0.15, 0.2) is 10.3 Å². The Kier molecular flexibility index (Phi) is 5.07. The standard InChI is InChI=1S/C18H11Cl2FN4O2S2/c19-11-2-4-16(12(21)7-11)29(26,27)25-14-5-10(8-23-17(14)20)9-1-3-13-15(6-9)28-18(22)24-13/h1-8,25H,(H2,22,24). The van der Waals surface area contributed by atoms with Crippen molar-refractivity contribution in [3.8, 4) is 11.1 Å². The molecule has 0 radical (unpaired) electrons. The van der Waals surface area contributed by atoms with Crippen LogP contribution in [0.5, 0.6) is 0 Å². The molecule has 0 aliphatic rings. The van der Waals surface area contributed by atoms with Crippen LogP contribution >= 0.6 is 34.5 Å². The highest BCUT2D eigenvalue weighted by molar-refractivity contribution is 7.92. The lowest BCUT2D eigenvalue weighted by molar-refractivity contribution is 0.570. The number of rotatable bonds is 4. The Bertz CT molecular complexity index is 1360. The summed E-state index contributed by atoms with van der Waals surface area (Å²) in [5.41, 5.74) is 7.88. The predicted octanol–water partition coefficient (Wildman–Crippen LogP) is 5.19. The monoisotopic (exact) mass is 468 g/mol. The third kappa shape index (κ3) is 3.99. The van der Waals surface area contributed by atoms with Gasteiger partial charge in [-0.25, -0.2) is 22.8 Å². The molecule has 0 amide bonds. The highest BCUT2D eigenvalue weighted by Crippen LogP contribution is 2.32. The van der Waals surface area contributed by atoms with E-state index >= 15 is 0 Å². The van der Waals surface area contributed by atoms with E-state index in [2.05, 4.69) is 14.7 Å². The Morgan fingerprint density at radius 1 is 1.07 bits per heavy atom. The fraction of sp³-hybridized carbons (Fsp3) is 0. The van der Waals surface area contributed by atoms with Crippen LogP contribution in [0.1, 0.15) is 0 Å². The summed E-state index contributed by atoms with van der Waals surface area (Å²) >= 11 is 13.1. The summed E-state index contributed by atoms with van der Waals surface area (Å²) in [6.07, 6.45) is 1.51. The van der Waals surface area contributed by atoms with Gasteiger partial charge in [0.2, 0.25) is 0 Å². The molecule has 0 unspecified atom stereocenters. The summed E-state index contributed by atoms with van der Waals surface area (Å²) in [5.74, 6) is -0.974. The lowest BCUT2D eigenvalue weighted by atomic mass is 10.1. The normalized spacial score (nSPS) is 11.7. The number of nitrogens with zero attached hydrogens (tertiary/aromatic N) is 2. The van der Waals surface area contributed by atoms with Crippen molar-refractivity contribution in [2.24, 2.45) is 0 Å². The molecule has 3 N–H and O–H groups in total. The highest BCUT2D eigenvalue weighted by Gasteiger charge is 2.21. The van der Waals surface area contributed by atoms with E-state index in [1.165, 1.54) is 29.7 Å². The molecule has 6 nitrogen and oxygen atoms in total. The number of anilines is 2. The minimum Gasteiger partial charge on any atom is -0.375 e. The number of nitrogen functional groups attached to an aromatic ring is 1. The Hall–Kier alpha value is -2.46. The SMILES string of the molecule is Nc1nc2ccc(-c3cnc(Cl)c(NS(=O)(=O)c4ccc(Cl)cc4F)c3)cc2s1. The predicted molar refractivity (Wildman–Crippen MR) is 114 cm³/mol. The van der Waals surface area contributed by atoms with Gasteiger partial charge in [-0.1, -0.05) is 40.6 Å². The first-order valence-corrected chi connectivity index (χ1v) is 11.1. The van der Waals surface area contributed by atoms with Crippen LogP contribution in [0.15, 0.2) is 53.6 Å². The maximum atomic E-state index is 14.1. The van der Waals surface area contributed by atoms with Crippen LogP contribution < -0.4 is 10.5 Å². The Labute approximate surface area is 179 Å². The van der Waals surface area contributed by atoms with Gasteiger partial charge in [0.1, 0.15) is 10.7 Å². The molecular weight excluding hydrogens is 458 g/mol. The molecule has 0 aliphatic carbocycles. The molecule has 0 fully saturated rings. The molecule has 2 aromatic heterocycles. The van der Waals surface area contributed by atoms with Gasteiger partial charge in [-0.2, -0.15) is 0 Å². The number of hydrogen-bond donors (Lipinski definition) is 2. The van der Waals surface area contributed by atoms with Crippen LogP contribution in [0.3, 0.4) is 0 Å². The van der Waals surface area contributed by atoms with Gasteiger partial charge in [0, 0.05) is 16.8 Å². The minimum absolute atomic E-state index is 0.0161. The van der Waals surface area contributed by atoms with E-state index in [0.29, 0.717) is 10.7 Å². The molecule has 11 heteroatoms. The molecular formula is C18H11Cl2FN4O2S2. The largest absolute Gasteiger partial charge is 0.375 e. The molecule has 0 bridgehead atoms. The zero-order valence-electron chi connectivity index (χ0n) is 14.4. The Morgan fingerprint density at radius 2 is 1.86 bits per heavy atom. The topological polar surface area (TPSA) is 98.0 Å². The van der Waals surface area contributed by atoms with Gasteiger partial charge < -0.3 is 5.73 Å². The summed E-state index contributed by atoms with van der Waals surface area (Å²) in [6, 6.07) is 10.3. The first kappa shape index (κ1) is 19.8. The van der Waals surface area contributed by atoms with Crippen molar-refractivity contribution in [3.63, 3.8) is 0 Å². The maximum absolute atomic E-state index is 14.1. The first-order chi connectivity index (χ1) is 13.7. The zero-order valence-corrected chi connectivity index (χ0v) is 17.5. The van der Waals surface area contributed by atoms with Gasteiger partial charge in [-0.3, -0.25) is 4.72 Å². The van der Waals surface area contributed by atoms with E-state index < -0.39 is 20.7 Å². The number of halogens is 3. The molecule has 29 heavy (non-hydrogen) atoms. The van der Waals surface area contributed by atoms with Crippen LogP contribution in [-0.2, 0) is 10.0 Å². The zero-order chi connectivity index (χ0) is 20.8. The molecule has 0 aliphatic heterocycles. The maximum Gasteiger partial charge on any atom is 0.264 e. The molecule has 2 aromatic carbocycles. The molecule has 148 valence electrons. The van der Waals surface area contributed by atoms with Crippen molar-refractivity contribution in [1.29, 1.82) is 0 Å². The van der Waals surface area contributed by atoms with E-state index in [1.807, 2.05) is 12.1 Å². The number of fused-ring (bicyclic) bond motifs is 1. The fourth-order valence-electron chi connectivity index (χ4n) is 2.69. The average molecular weight is 469 g/mol. The van der Waals surface area contributed by atoms with Crippen molar-refractivity contribution in [1.82, 2.24) is 9.97 Å². The van der Waals surface area contributed by atoms with E-state index in [1.54, 1.807) is 6.07 Å². The van der Waals surface area contributed by atoms with E-state index in [9.17, 15) is 12.8 Å². The number of benzene rings is 2. The van der Waals surface area contributed by atoms with Crippen LogP contribution in [0.4, 0.5) is 15.2 Å². The second-order valence-corrected chi connectivity index (χ2v) is 9.48. The van der Waals surface area contributed by atoms with Gasteiger partial charge in [0.05, 0.1) is 15.9 Å².